The molecule has 3 heterocycles. The maximum Gasteiger partial charge on any atom is 0.274 e. The highest BCUT2D eigenvalue weighted by atomic mass is 16.5. The zero-order valence-electron chi connectivity index (χ0n) is 17.4. The molecule has 0 spiro atoms. The van der Waals surface area contributed by atoms with E-state index in [0.29, 0.717) is 31.7 Å². The van der Waals surface area contributed by atoms with Crippen molar-refractivity contribution < 1.29 is 14.3 Å². The lowest BCUT2D eigenvalue weighted by Crippen LogP contribution is -2.42. The minimum atomic E-state index is -0.199. The molecule has 0 N–H and O–H groups in total. The van der Waals surface area contributed by atoms with Gasteiger partial charge in [0.1, 0.15) is 5.69 Å². The van der Waals surface area contributed by atoms with Crippen LogP contribution in [0, 0.1) is 6.92 Å². The summed E-state index contributed by atoms with van der Waals surface area (Å²) in [6.07, 6.45) is 6.21. The Morgan fingerprint density at radius 1 is 1.20 bits per heavy atom. The molecule has 4 rings (SSSR count). The van der Waals surface area contributed by atoms with Gasteiger partial charge in [0, 0.05) is 45.4 Å². The van der Waals surface area contributed by atoms with Crippen LogP contribution in [0.1, 0.15) is 46.6 Å². The van der Waals surface area contributed by atoms with E-state index < -0.39 is 0 Å². The molecule has 1 unspecified atom stereocenters. The molecule has 7 heteroatoms. The Morgan fingerprint density at radius 3 is 2.77 bits per heavy atom. The highest BCUT2D eigenvalue weighted by Crippen LogP contribution is 2.20. The van der Waals surface area contributed by atoms with Gasteiger partial charge in [0.2, 0.25) is 5.91 Å². The molecule has 1 fully saturated rings. The van der Waals surface area contributed by atoms with Gasteiger partial charge in [-0.05, 0) is 37.3 Å². The Bertz CT molecular complexity index is 894. The predicted octanol–water partition coefficient (Wildman–Crippen LogP) is 2.38. The molecule has 2 amide bonds. The Kier molecular flexibility index (Phi) is 6.38. The molecular formula is C23H28N4O3. The molecule has 30 heavy (non-hydrogen) atoms. The number of benzene rings is 1. The number of nitrogens with zero attached hydrogens (tertiary/aromatic N) is 4. The largest absolute Gasteiger partial charge is 0.376 e. The van der Waals surface area contributed by atoms with Crippen molar-refractivity contribution in [1.82, 2.24) is 19.8 Å². The van der Waals surface area contributed by atoms with Gasteiger partial charge in [-0.15, -0.1) is 0 Å². The van der Waals surface area contributed by atoms with E-state index in [4.69, 9.17) is 4.74 Å². The van der Waals surface area contributed by atoms with Crippen LogP contribution in [0.25, 0.3) is 0 Å². The monoisotopic (exact) mass is 408 g/mol. The summed E-state index contributed by atoms with van der Waals surface area (Å²) < 4.78 is 5.73. The Labute approximate surface area is 177 Å². The quantitative estimate of drug-likeness (QED) is 0.734. The first-order valence-corrected chi connectivity index (χ1v) is 10.6. The van der Waals surface area contributed by atoms with Crippen LogP contribution < -0.4 is 0 Å². The second-order valence-electron chi connectivity index (χ2n) is 8.01. The van der Waals surface area contributed by atoms with Gasteiger partial charge in [0.15, 0.2) is 0 Å². The molecule has 7 nitrogen and oxygen atoms in total. The minimum absolute atomic E-state index is 0.0179. The lowest BCUT2D eigenvalue weighted by atomic mass is 10.00. The van der Waals surface area contributed by atoms with Gasteiger partial charge in [-0.3, -0.25) is 14.6 Å². The number of carbonyl (C=O) groups excluding carboxylic acids is 2. The van der Waals surface area contributed by atoms with E-state index in [1.54, 1.807) is 11.1 Å². The van der Waals surface area contributed by atoms with Crippen molar-refractivity contribution >= 4 is 11.8 Å². The van der Waals surface area contributed by atoms with Crippen molar-refractivity contribution in [2.45, 2.75) is 45.3 Å². The van der Waals surface area contributed by atoms with E-state index in [1.807, 2.05) is 24.0 Å². The van der Waals surface area contributed by atoms with Crippen LogP contribution in [0.5, 0.6) is 0 Å². The van der Waals surface area contributed by atoms with E-state index in [-0.39, 0.29) is 17.9 Å². The average Bonchev–Trinajstić information content (AvgIpc) is 3.29. The maximum absolute atomic E-state index is 13.0. The number of carbonyl (C=O) groups is 2. The molecule has 0 radical (unpaired) electrons. The third-order valence-electron chi connectivity index (χ3n) is 5.81. The summed E-state index contributed by atoms with van der Waals surface area (Å²) in [5.41, 5.74) is 3.59. The summed E-state index contributed by atoms with van der Waals surface area (Å²) in [7, 11) is 0. The summed E-state index contributed by atoms with van der Waals surface area (Å²) >= 11 is 0. The zero-order valence-corrected chi connectivity index (χ0v) is 17.4. The first kappa shape index (κ1) is 20.5. The van der Waals surface area contributed by atoms with Gasteiger partial charge in [0.05, 0.1) is 18.0 Å². The second-order valence-corrected chi connectivity index (χ2v) is 8.01. The fraction of sp³-hybridized carbons (Fsp3) is 0.478. The van der Waals surface area contributed by atoms with Gasteiger partial charge in [-0.25, -0.2) is 4.98 Å². The van der Waals surface area contributed by atoms with Crippen molar-refractivity contribution in [2.24, 2.45) is 0 Å². The van der Waals surface area contributed by atoms with Gasteiger partial charge in [0.25, 0.3) is 5.91 Å². The van der Waals surface area contributed by atoms with Crippen molar-refractivity contribution in [3.8, 4) is 0 Å². The van der Waals surface area contributed by atoms with E-state index in [2.05, 4.69) is 22.1 Å². The number of hydrogen-bond acceptors (Lipinski definition) is 5. The molecule has 1 aromatic heterocycles. The molecule has 2 aliphatic rings. The number of rotatable bonds is 6. The highest BCUT2D eigenvalue weighted by Gasteiger charge is 2.26. The van der Waals surface area contributed by atoms with E-state index >= 15 is 0 Å². The lowest BCUT2D eigenvalue weighted by Gasteiger charge is -2.30. The molecule has 0 aliphatic carbocycles. The Hall–Kier alpha value is -2.80. The first-order valence-electron chi connectivity index (χ1n) is 10.6. The fourth-order valence-corrected chi connectivity index (χ4v) is 4.07. The zero-order chi connectivity index (χ0) is 20.9. The van der Waals surface area contributed by atoms with Gasteiger partial charge in [-0.1, -0.05) is 24.3 Å². The molecule has 1 saturated heterocycles. The molecule has 0 saturated carbocycles. The molecule has 158 valence electrons. The predicted molar refractivity (Wildman–Crippen MR) is 112 cm³/mol. The molecular weight excluding hydrogens is 380 g/mol. The van der Waals surface area contributed by atoms with Crippen molar-refractivity contribution in [3.63, 3.8) is 0 Å². The molecule has 1 aromatic carbocycles. The van der Waals surface area contributed by atoms with Crippen LogP contribution in [-0.2, 0) is 22.5 Å². The molecule has 0 bridgehead atoms. The summed E-state index contributed by atoms with van der Waals surface area (Å²) in [6, 6.07) is 8.26. The summed E-state index contributed by atoms with van der Waals surface area (Å²) in [4.78, 5) is 37.9. The number of aryl methyl sites for hydroxylation is 1. The number of amides is 2. The van der Waals surface area contributed by atoms with Gasteiger partial charge in [-0.2, -0.15) is 0 Å². The topological polar surface area (TPSA) is 75.6 Å². The lowest BCUT2D eigenvalue weighted by molar-refractivity contribution is -0.132. The fourth-order valence-electron chi connectivity index (χ4n) is 4.07. The van der Waals surface area contributed by atoms with Crippen molar-refractivity contribution in [3.05, 3.63) is 59.2 Å². The molecule has 2 aliphatic heterocycles. The normalized spacial score (nSPS) is 18.2. The van der Waals surface area contributed by atoms with Crippen LogP contribution in [0.4, 0.5) is 0 Å². The van der Waals surface area contributed by atoms with Crippen molar-refractivity contribution in [2.75, 3.05) is 26.2 Å². The maximum atomic E-state index is 13.0. The number of hydrogen-bond donors (Lipinski definition) is 0. The summed E-state index contributed by atoms with van der Waals surface area (Å²) in [5.74, 6) is -0.126. The number of fused-ring (bicyclic) bond motifs is 1. The van der Waals surface area contributed by atoms with Crippen LogP contribution in [0.15, 0.2) is 36.7 Å². The standard InChI is InChI=1S/C23H28N4O3/c1-17-13-25-21(14-24-17)23(29)27(16-20-7-4-12-30-20)11-9-22(28)26-10-8-18-5-2-3-6-19(18)15-26/h2-3,5-6,13-14,20H,4,7-12,15-16H2,1H3. The minimum Gasteiger partial charge on any atom is -0.376 e. The van der Waals surface area contributed by atoms with E-state index in [9.17, 15) is 9.59 Å². The SMILES string of the molecule is Cc1cnc(C(=O)N(CCC(=O)N2CCc3ccccc3C2)CC2CCCO2)cn1. The Morgan fingerprint density at radius 2 is 2.03 bits per heavy atom. The average molecular weight is 409 g/mol. The third-order valence-corrected chi connectivity index (χ3v) is 5.81. The van der Waals surface area contributed by atoms with E-state index in [1.165, 1.54) is 17.3 Å². The highest BCUT2D eigenvalue weighted by molar-refractivity contribution is 5.92. The van der Waals surface area contributed by atoms with Crippen LogP contribution in [0.3, 0.4) is 0 Å². The molecule has 1 atom stereocenters. The van der Waals surface area contributed by atoms with Gasteiger partial charge < -0.3 is 14.5 Å². The van der Waals surface area contributed by atoms with Crippen LogP contribution in [0.2, 0.25) is 0 Å². The van der Waals surface area contributed by atoms with Crippen LogP contribution in [-0.4, -0.2) is 63.9 Å². The summed E-state index contributed by atoms with van der Waals surface area (Å²) in [6.45, 7) is 4.75. The number of aromatic nitrogens is 2. The third kappa shape index (κ3) is 4.84. The first-order chi connectivity index (χ1) is 14.6. The van der Waals surface area contributed by atoms with Gasteiger partial charge >= 0.3 is 0 Å². The van der Waals surface area contributed by atoms with E-state index in [0.717, 1.165) is 38.1 Å². The summed E-state index contributed by atoms with van der Waals surface area (Å²) in [5, 5.41) is 0. The Balaban J connectivity index is 1.40. The second kappa shape index (κ2) is 9.34. The number of ether oxygens (including phenoxy) is 1. The smallest absolute Gasteiger partial charge is 0.274 e. The van der Waals surface area contributed by atoms with Crippen molar-refractivity contribution in [1.29, 1.82) is 0 Å². The molecule has 2 aromatic rings. The van der Waals surface area contributed by atoms with Crippen LogP contribution >= 0.6 is 0 Å².